The monoisotopic (exact) mass is 397 g/mol. The molecule has 1 unspecified atom stereocenters. The SMILES string of the molecule is CC(C)c1ccc(CN2CCCC3(CCN(C(=O)C4(C(N)=O)CC4)C3)C2=O)cc1. The van der Waals surface area contributed by atoms with Gasteiger partial charge in [-0.25, -0.2) is 0 Å². The summed E-state index contributed by atoms with van der Waals surface area (Å²) in [4.78, 5) is 41.7. The fourth-order valence-electron chi connectivity index (χ4n) is 4.95. The van der Waals surface area contributed by atoms with Crippen LogP contribution in [0, 0.1) is 10.8 Å². The molecule has 1 saturated carbocycles. The molecule has 0 radical (unpaired) electrons. The van der Waals surface area contributed by atoms with Gasteiger partial charge >= 0.3 is 0 Å². The Balaban J connectivity index is 1.45. The Bertz CT molecular complexity index is 828. The molecule has 156 valence electrons. The molecule has 6 heteroatoms. The molecule has 2 N–H and O–H groups in total. The Hall–Kier alpha value is -2.37. The third-order valence-electron chi connectivity index (χ3n) is 7.12. The third kappa shape index (κ3) is 3.43. The molecule has 2 heterocycles. The molecule has 29 heavy (non-hydrogen) atoms. The van der Waals surface area contributed by atoms with Crippen LogP contribution in [0.4, 0.5) is 0 Å². The summed E-state index contributed by atoms with van der Waals surface area (Å²) < 4.78 is 0. The van der Waals surface area contributed by atoms with Gasteiger partial charge < -0.3 is 15.5 Å². The molecule has 6 nitrogen and oxygen atoms in total. The summed E-state index contributed by atoms with van der Waals surface area (Å²) in [6.07, 6.45) is 3.50. The van der Waals surface area contributed by atoms with Crippen molar-refractivity contribution in [1.29, 1.82) is 0 Å². The lowest BCUT2D eigenvalue weighted by Crippen LogP contribution is -2.51. The zero-order valence-electron chi connectivity index (χ0n) is 17.4. The molecule has 1 atom stereocenters. The molecule has 0 bridgehead atoms. The first-order valence-corrected chi connectivity index (χ1v) is 10.7. The number of primary amides is 1. The molecular formula is C23H31N3O3. The minimum atomic E-state index is -0.999. The third-order valence-corrected chi connectivity index (χ3v) is 7.12. The van der Waals surface area contributed by atoms with Crippen molar-refractivity contribution >= 4 is 17.7 Å². The van der Waals surface area contributed by atoms with Crippen molar-refractivity contribution in [3.8, 4) is 0 Å². The number of benzene rings is 1. The Kier molecular flexibility index (Phi) is 4.91. The van der Waals surface area contributed by atoms with E-state index in [0.29, 0.717) is 44.8 Å². The maximum atomic E-state index is 13.4. The smallest absolute Gasteiger partial charge is 0.238 e. The topological polar surface area (TPSA) is 83.7 Å². The van der Waals surface area contributed by atoms with E-state index in [1.54, 1.807) is 4.90 Å². The lowest BCUT2D eigenvalue weighted by atomic mass is 9.78. The Labute approximate surface area is 172 Å². The van der Waals surface area contributed by atoms with Crippen molar-refractivity contribution in [3.63, 3.8) is 0 Å². The summed E-state index contributed by atoms with van der Waals surface area (Å²) in [6, 6.07) is 8.49. The van der Waals surface area contributed by atoms with Crippen LogP contribution in [0.2, 0.25) is 0 Å². The number of hydrogen-bond donors (Lipinski definition) is 1. The first-order chi connectivity index (χ1) is 13.8. The van der Waals surface area contributed by atoms with Gasteiger partial charge in [0, 0.05) is 26.2 Å². The second-order valence-electron chi connectivity index (χ2n) is 9.43. The van der Waals surface area contributed by atoms with Crippen LogP contribution in [0.1, 0.15) is 63.0 Å². The van der Waals surface area contributed by atoms with E-state index in [1.165, 1.54) is 5.56 Å². The van der Waals surface area contributed by atoms with E-state index < -0.39 is 16.7 Å². The quantitative estimate of drug-likeness (QED) is 0.775. The predicted molar refractivity (Wildman–Crippen MR) is 110 cm³/mol. The molecule has 1 aromatic carbocycles. The Morgan fingerprint density at radius 3 is 2.34 bits per heavy atom. The van der Waals surface area contributed by atoms with Crippen LogP contribution >= 0.6 is 0 Å². The van der Waals surface area contributed by atoms with E-state index in [2.05, 4.69) is 38.1 Å². The van der Waals surface area contributed by atoms with Crippen molar-refractivity contribution in [3.05, 3.63) is 35.4 Å². The van der Waals surface area contributed by atoms with Gasteiger partial charge in [0.1, 0.15) is 5.41 Å². The summed E-state index contributed by atoms with van der Waals surface area (Å²) in [5.41, 5.74) is 6.41. The summed E-state index contributed by atoms with van der Waals surface area (Å²) in [5.74, 6) is -0.0574. The number of hydrogen-bond acceptors (Lipinski definition) is 3. The highest BCUT2D eigenvalue weighted by Gasteiger charge is 2.59. The molecular weight excluding hydrogens is 366 g/mol. The molecule has 2 aliphatic heterocycles. The van der Waals surface area contributed by atoms with E-state index in [4.69, 9.17) is 5.73 Å². The van der Waals surface area contributed by atoms with Gasteiger partial charge in [-0.2, -0.15) is 0 Å². The average Bonchev–Trinajstić information content (AvgIpc) is 3.41. The second-order valence-corrected chi connectivity index (χ2v) is 9.43. The standard InChI is InChI=1S/C23H31N3O3/c1-16(2)18-6-4-17(5-7-18)14-25-12-3-8-22(20(25)28)11-13-26(15-22)21(29)23(9-10-23)19(24)27/h4-7,16H,3,8-15H2,1-2H3,(H2,24,27). The average molecular weight is 398 g/mol. The number of rotatable bonds is 5. The summed E-state index contributed by atoms with van der Waals surface area (Å²) in [5, 5.41) is 0. The molecule has 3 amide bonds. The van der Waals surface area contributed by atoms with Gasteiger partial charge in [-0.1, -0.05) is 38.1 Å². The lowest BCUT2D eigenvalue weighted by Gasteiger charge is -2.39. The molecule has 3 fully saturated rings. The van der Waals surface area contributed by atoms with Gasteiger partial charge in [-0.05, 0) is 49.1 Å². The molecule has 4 rings (SSSR count). The number of amides is 3. The maximum absolute atomic E-state index is 13.4. The molecule has 2 saturated heterocycles. The Morgan fingerprint density at radius 2 is 1.76 bits per heavy atom. The second kappa shape index (κ2) is 7.15. The van der Waals surface area contributed by atoms with Crippen LogP contribution in [0.15, 0.2) is 24.3 Å². The highest BCUT2D eigenvalue weighted by molar-refractivity contribution is 6.07. The number of carbonyl (C=O) groups is 3. The fraction of sp³-hybridized carbons (Fsp3) is 0.609. The van der Waals surface area contributed by atoms with E-state index in [0.717, 1.165) is 24.9 Å². The first-order valence-electron chi connectivity index (χ1n) is 10.7. The minimum Gasteiger partial charge on any atom is -0.369 e. The molecule has 1 spiro atoms. The molecule has 1 aromatic rings. The summed E-state index contributed by atoms with van der Waals surface area (Å²) in [7, 11) is 0. The van der Waals surface area contributed by atoms with Crippen molar-refractivity contribution in [2.24, 2.45) is 16.6 Å². The number of piperidine rings is 1. The molecule has 1 aliphatic carbocycles. The number of carbonyl (C=O) groups excluding carboxylic acids is 3. The van der Waals surface area contributed by atoms with E-state index >= 15 is 0 Å². The normalized spacial score (nSPS) is 25.7. The van der Waals surface area contributed by atoms with E-state index in [1.807, 2.05) is 4.90 Å². The molecule has 0 aromatic heterocycles. The van der Waals surface area contributed by atoms with Gasteiger partial charge in [0.15, 0.2) is 0 Å². The highest BCUT2D eigenvalue weighted by atomic mass is 16.2. The first kappa shape index (κ1) is 19.9. The minimum absolute atomic E-state index is 0.149. The fourth-order valence-corrected chi connectivity index (χ4v) is 4.95. The predicted octanol–water partition coefficient (Wildman–Crippen LogP) is 2.42. The van der Waals surface area contributed by atoms with Crippen molar-refractivity contribution in [2.45, 2.75) is 58.4 Å². The van der Waals surface area contributed by atoms with Crippen LogP contribution in [0.5, 0.6) is 0 Å². The number of nitrogens with zero attached hydrogens (tertiary/aromatic N) is 2. The molecule has 3 aliphatic rings. The van der Waals surface area contributed by atoms with Gasteiger partial charge in [-0.3, -0.25) is 14.4 Å². The van der Waals surface area contributed by atoms with Gasteiger partial charge in [0.25, 0.3) is 0 Å². The zero-order valence-corrected chi connectivity index (χ0v) is 17.4. The van der Waals surface area contributed by atoms with Crippen molar-refractivity contribution < 1.29 is 14.4 Å². The summed E-state index contributed by atoms with van der Waals surface area (Å²) in [6.45, 7) is 6.66. The van der Waals surface area contributed by atoms with Gasteiger partial charge in [0.2, 0.25) is 17.7 Å². The Morgan fingerprint density at radius 1 is 1.07 bits per heavy atom. The number of likely N-dealkylation sites (tertiary alicyclic amines) is 2. The van der Waals surface area contributed by atoms with Gasteiger partial charge in [0.05, 0.1) is 5.41 Å². The van der Waals surface area contributed by atoms with Crippen LogP contribution in [0.25, 0.3) is 0 Å². The van der Waals surface area contributed by atoms with Gasteiger partial charge in [-0.15, -0.1) is 0 Å². The van der Waals surface area contributed by atoms with Crippen molar-refractivity contribution in [1.82, 2.24) is 9.80 Å². The lowest BCUT2D eigenvalue weighted by molar-refractivity contribution is -0.147. The highest BCUT2D eigenvalue weighted by Crippen LogP contribution is 2.49. The maximum Gasteiger partial charge on any atom is 0.238 e. The zero-order chi connectivity index (χ0) is 20.8. The van der Waals surface area contributed by atoms with Crippen molar-refractivity contribution in [2.75, 3.05) is 19.6 Å². The van der Waals surface area contributed by atoms with Crippen LogP contribution in [-0.2, 0) is 20.9 Å². The van der Waals surface area contributed by atoms with Crippen LogP contribution in [0.3, 0.4) is 0 Å². The largest absolute Gasteiger partial charge is 0.369 e. The van der Waals surface area contributed by atoms with E-state index in [-0.39, 0.29) is 11.8 Å². The number of nitrogens with two attached hydrogens (primary N) is 1. The summed E-state index contributed by atoms with van der Waals surface area (Å²) >= 11 is 0. The van der Waals surface area contributed by atoms with Crippen LogP contribution < -0.4 is 5.73 Å². The van der Waals surface area contributed by atoms with Crippen LogP contribution in [-0.4, -0.2) is 47.2 Å². The van der Waals surface area contributed by atoms with E-state index in [9.17, 15) is 14.4 Å².